The fraction of sp³-hybridized carbons (Fsp3) is 0.875. The van der Waals surface area contributed by atoms with Crippen molar-refractivity contribution in [2.75, 3.05) is 26.0 Å². The van der Waals surface area contributed by atoms with Gasteiger partial charge in [-0.05, 0) is 13.8 Å². The lowest BCUT2D eigenvalue weighted by Gasteiger charge is -2.24. The Balaban J connectivity index is 4.58. The average molecular weight is 220 g/mol. The highest BCUT2D eigenvalue weighted by Gasteiger charge is 2.23. The highest BCUT2D eigenvalue weighted by molar-refractivity contribution is 7.89. The van der Waals surface area contributed by atoms with Crippen molar-refractivity contribution in [1.82, 2.24) is 4.31 Å². The Hall–Kier alpha value is -0.640. The Morgan fingerprint density at radius 3 is 2.43 bits per heavy atom. The molecule has 6 heteroatoms. The number of methoxy groups -OCH3 is 1. The van der Waals surface area contributed by atoms with Crippen LogP contribution in [-0.2, 0) is 14.8 Å². The second-order valence-electron chi connectivity index (χ2n) is 3.11. The predicted octanol–water partition coefficient (Wildman–Crippen LogP) is 0.197. The minimum absolute atomic E-state index is 0.150. The summed E-state index contributed by atoms with van der Waals surface area (Å²) in [5.74, 6) is -0.477. The van der Waals surface area contributed by atoms with Crippen LogP contribution in [0.5, 0.6) is 0 Å². The van der Waals surface area contributed by atoms with Crippen molar-refractivity contribution < 1.29 is 13.2 Å². The number of hydrogen-bond donors (Lipinski definition) is 0. The van der Waals surface area contributed by atoms with Crippen LogP contribution < -0.4 is 0 Å². The lowest BCUT2D eigenvalue weighted by Crippen LogP contribution is -2.40. The van der Waals surface area contributed by atoms with E-state index in [1.54, 1.807) is 19.9 Å². The zero-order valence-corrected chi connectivity index (χ0v) is 9.54. The molecule has 5 nitrogen and oxygen atoms in total. The average Bonchev–Trinajstić information content (AvgIpc) is 2.03. The van der Waals surface area contributed by atoms with Crippen LogP contribution in [0.1, 0.15) is 13.8 Å². The van der Waals surface area contributed by atoms with Gasteiger partial charge in [0.2, 0.25) is 10.0 Å². The molecule has 0 unspecified atom stereocenters. The van der Waals surface area contributed by atoms with E-state index in [1.165, 1.54) is 11.4 Å². The van der Waals surface area contributed by atoms with E-state index in [0.717, 1.165) is 0 Å². The van der Waals surface area contributed by atoms with Crippen LogP contribution in [0, 0.1) is 11.3 Å². The van der Waals surface area contributed by atoms with Gasteiger partial charge in [-0.1, -0.05) is 0 Å². The molecule has 0 aliphatic carbocycles. The molecule has 0 aliphatic rings. The Morgan fingerprint density at radius 2 is 2.07 bits per heavy atom. The summed E-state index contributed by atoms with van der Waals surface area (Å²) in [6.07, 6.45) is 0. The lowest BCUT2D eigenvalue weighted by molar-refractivity contribution is 0.171. The van der Waals surface area contributed by atoms with Crippen LogP contribution in [-0.4, -0.2) is 44.8 Å². The Morgan fingerprint density at radius 1 is 1.50 bits per heavy atom. The van der Waals surface area contributed by atoms with Crippen molar-refractivity contribution in [2.45, 2.75) is 19.9 Å². The van der Waals surface area contributed by atoms with Gasteiger partial charge in [0.15, 0.2) is 5.75 Å². The highest BCUT2D eigenvalue weighted by atomic mass is 32.2. The van der Waals surface area contributed by atoms with E-state index in [1.807, 2.05) is 0 Å². The molecule has 0 amide bonds. The molecule has 0 N–H and O–H groups in total. The molecule has 0 spiro atoms. The third-order valence-electron chi connectivity index (χ3n) is 1.70. The van der Waals surface area contributed by atoms with Crippen molar-refractivity contribution in [3.8, 4) is 6.07 Å². The quantitative estimate of drug-likeness (QED) is 0.641. The van der Waals surface area contributed by atoms with Crippen molar-refractivity contribution in [2.24, 2.45) is 0 Å². The first-order valence-electron chi connectivity index (χ1n) is 4.31. The van der Waals surface area contributed by atoms with Gasteiger partial charge in [-0.3, -0.25) is 0 Å². The highest BCUT2D eigenvalue weighted by Crippen LogP contribution is 2.06. The van der Waals surface area contributed by atoms with E-state index in [-0.39, 0.29) is 12.6 Å². The fourth-order valence-electron chi connectivity index (χ4n) is 1.06. The van der Waals surface area contributed by atoms with Crippen LogP contribution in [0.4, 0.5) is 0 Å². The minimum Gasteiger partial charge on any atom is -0.383 e. The molecule has 82 valence electrons. The smallest absolute Gasteiger partial charge is 0.227 e. The van der Waals surface area contributed by atoms with Crippen LogP contribution in [0.2, 0.25) is 0 Å². The summed E-state index contributed by atoms with van der Waals surface area (Å²) in [4.78, 5) is 0. The van der Waals surface area contributed by atoms with Crippen molar-refractivity contribution in [1.29, 1.82) is 5.26 Å². The van der Waals surface area contributed by atoms with Crippen LogP contribution in [0.25, 0.3) is 0 Å². The molecule has 14 heavy (non-hydrogen) atoms. The molecule has 0 fully saturated rings. The Bertz CT molecular complexity index is 292. The zero-order chi connectivity index (χ0) is 11.2. The lowest BCUT2D eigenvalue weighted by atomic mass is 10.4. The molecule has 0 saturated heterocycles. The van der Waals surface area contributed by atoms with Gasteiger partial charge in [0.05, 0.1) is 12.7 Å². The summed E-state index contributed by atoms with van der Waals surface area (Å²) in [6.45, 7) is 4.16. The summed E-state index contributed by atoms with van der Waals surface area (Å²) in [7, 11) is -1.94. The first kappa shape index (κ1) is 13.4. The summed E-state index contributed by atoms with van der Waals surface area (Å²) in [6, 6.07) is 1.50. The Kier molecular flexibility index (Phi) is 5.69. The van der Waals surface area contributed by atoms with Gasteiger partial charge in [0.1, 0.15) is 0 Å². The van der Waals surface area contributed by atoms with Crippen molar-refractivity contribution in [3.63, 3.8) is 0 Å². The fourth-order valence-corrected chi connectivity index (χ4v) is 2.39. The maximum Gasteiger partial charge on any atom is 0.227 e. The summed E-state index contributed by atoms with van der Waals surface area (Å²) >= 11 is 0. The predicted molar refractivity (Wildman–Crippen MR) is 53.1 cm³/mol. The number of hydrogen-bond acceptors (Lipinski definition) is 4. The van der Waals surface area contributed by atoms with E-state index < -0.39 is 15.8 Å². The molecule has 0 saturated carbocycles. The Labute approximate surface area is 85.3 Å². The molecular formula is C8H16N2O3S. The van der Waals surface area contributed by atoms with Gasteiger partial charge in [-0.15, -0.1) is 0 Å². The molecule has 0 radical (unpaired) electrons. The first-order chi connectivity index (χ1) is 6.45. The number of ether oxygens (including phenoxy) is 1. The van der Waals surface area contributed by atoms with Crippen molar-refractivity contribution >= 4 is 10.0 Å². The maximum absolute atomic E-state index is 11.5. The van der Waals surface area contributed by atoms with Crippen LogP contribution >= 0.6 is 0 Å². The monoisotopic (exact) mass is 220 g/mol. The van der Waals surface area contributed by atoms with Gasteiger partial charge in [-0.2, -0.15) is 9.57 Å². The second kappa shape index (κ2) is 5.96. The molecule has 0 aromatic heterocycles. The van der Waals surface area contributed by atoms with E-state index in [4.69, 9.17) is 10.00 Å². The number of nitrogens with zero attached hydrogens (tertiary/aromatic N) is 2. The number of nitriles is 1. The third kappa shape index (κ3) is 4.05. The van der Waals surface area contributed by atoms with Crippen LogP contribution in [0.3, 0.4) is 0 Å². The number of sulfonamides is 1. The molecule has 0 aromatic rings. The maximum atomic E-state index is 11.5. The first-order valence-corrected chi connectivity index (χ1v) is 5.92. The second-order valence-corrected chi connectivity index (χ2v) is 5.03. The SMILES string of the molecule is COCCN(C(C)C)S(=O)(=O)CC#N. The standard InChI is InChI=1S/C8H16N2O3S/c1-8(2)10(5-6-13-3)14(11,12)7-4-9/h8H,5-7H2,1-3H3. The van der Waals surface area contributed by atoms with E-state index in [9.17, 15) is 8.42 Å². The molecule has 0 aromatic carbocycles. The summed E-state index contributed by atoms with van der Waals surface area (Å²) in [5.41, 5.74) is 0. The number of rotatable bonds is 6. The third-order valence-corrected chi connectivity index (χ3v) is 3.51. The van der Waals surface area contributed by atoms with Crippen LogP contribution in [0.15, 0.2) is 0 Å². The largest absolute Gasteiger partial charge is 0.383 e. The van der Waals surface area contributed by atoms with Gasteiger partial charge >= 0.3 is 0 Å². The molecule has 0 bridgehead atoms. The van der Waals surface area contributed by atoms with E-state index in [0.29, 0.717) is 6.61 Å². The van der Waals surface area contributed by atoms with Gasteiger partial charge in [-0.25, -0.2) is 8.42 Å². The zero-order valence-electron chi connectivity index (χ0n) is 8.73. The summed E-state index contributed by atoms with van der Waals surface area (Å²) in [5, 5.41) is 8.37. The molecule has 0 heterocycles. The van der Waals surface area contributed by atoms with E-state index >= 15 is 0 Å². The molecule has 0 atom stereocenters. The summed E-state index contributed by atoms with van der Waals surface area (Å²) < 4.78 is 29.1. The van der Waals surface area contributed by atoms with Crippen molar-refractivity contribution in [3.05, 3.63) is 0 Å². The topological polar surface area (TPSA) is 70.4 Å². The van der Waals surface area contributed by atoms with E-state index in [2.05, 4.69) is 0 Å². The normalized spacial score (nSPS) is 12.0. The van der Waals surface area contributed by atoms with Gasteiger partial charge in [0, 0.05) is 19.7 Å². The molecule has 0 rings (SSSR count). The van der Waals surface area contributed by atoms with Gasteiger partial charge in [0.25, 0.3) is 0 Å². The molecular weight excluding hydrogens is 204 g/mol. The van der Waals surface area contributed by atoms with Gasteiger partial charge < -0.3 is 4.74 Å². The minimum atomic E-state index is -3.45. The molecule has 0 aliphatic heterocycles.